The van der Waals surface area contributed by atoms with E-state index in [4.69, 9.17) is 0 Å². The van der Waals surface area contributed by atoms with Crippen molar-refractivity contribution in [2.75, 3.05) is 6.54 Å². The Bertz CT molecular complexity index is 461. The number of hydrogen-bond acceptors (Lipinski definition) is 2. The average molecular weight is 265 g/mol. The number of carbonyl (C=O) groups excluding carboxylic acids is 1. The van der Waals surface area contributed by atoms with Gasteiger partial charge in [-0.15, -0.1) is 0 Å². The Balaban J connectivity index is 1.95. The molecule has 19 heavy (non-hydrogen) atoms. The van der Waals surface area contributed by atoms with Crippen LogP contribution in [0.5, 0.6) is 5.75 Å². The predicted octanol–water partition coefficient (Wildman–Crippen LogP) is 3.09. The van der Waals surface area contributed by atoms with E-state index in [1.165, 1.54) is 25.3 Å². The van der Waals surface area contributed by atoms with Gasteiger partial charge in [0.25, 0.3) is 5.91 Å². The zero-order valence-corrected chi connectivity index (χ0v) is 11.2. The minimum atomic E-state index is -0.519. The molecule has 1 saturated carbocycles. The van der Waals surface area contributed by atoms with Crippen LogP contribution in [0.15, 0.2) is 18.2 Å². The van der Waals surface area contributed by atoms with Gasteiger partial charge < -0.3 is 10.4 Å². The van der Waals surface area contributed by atoms with Crippen LogP contribution in [-0.2, 0) is 0 Å². The van der Waals surface area contributed by atoms with E-state index in [0.29, 0.717) is 18.4 Å². The van der Waals surface area contributed by atoms with E-state index < -0.39 is 11.7 Å². The lowest BCUT2D eigenvalue weighted by Crippen LogP contribution is -2.33. The first-order chi connectivity index (χ1) is 9.08. The van der Waals surface area contributed by atoms with Gasteiger partial charge in [-0.1, -0.05) is 26.2 Å². The second-order valence-electron chi connectivity index (χ2n) is 5.39. The number of halogens is 1. The molecule has 0 heterocycles. The van der Waals surface area contributed by atoms with Gasteiger partial charge in [0.15, 0.2) is 0 Å². The van der Waals surface area contributed by atoms with Crippen molar-refractivity contribution < 1.29 is 14.3 Å². The van der Waals surface area contributed by atoms with E-state index in [1.54, 1.807) is 0 Å². The van der Waals surface area contributed by atoms with Crippen molar-refractivity contribution in [2.24, 2.45) is 11.8 Å². The zero-order valence-electron chi connectivity index (χ0n) is 11.2. The van der Waals surface area contributed by atoms with Gasteiger partial charge in [-0.25, -0.2) is 4.39 Å². The van der Waals surface area contributed by atoms with Gasteiger partial charge in [-0.2, -0.15) is 0 Å². The van der Waals surface area contributed by atoms with Crippen molar-refractivity contribution in [3.05, 3.63) is 29.6 Å². The lowest BCUT2D eigenvalue weighted by atomic mass is 9.80. The molecule has 1 fully saturated rings. The highest BCUT2D eigenvalue weighted by molar-refractivity contribution is 5.96. The SMILES string of the molecule is CC1CCCCC1CNC(=O)c1cc(F)ccc1O. The normalized spacial score (nSPS) is 23.1. The highest BCUT2D eigenvalue weighted by Crippen LogP contribution is 2.29. The van der Waals surface area contributed by atoms with Crippen molar-refractivity contribution in [1.29, 1.82) is 0 Å². The van der Waals surface area contributed by atoms with Crippen LogP contribution >= 0.6 is 0 Å². The lowest BCUT2D eigenvalue weighted by molar-refractivity contribution is 0.0933. The highest BCUT2D eigenvalue weighted by atomic mass is 19.1. The molecule has 4 heteroatoms. The fourth-order valence-electron chi connectivity index (χ4n) is 2.71. The van der Waals surface area contributed by atoms with E-state index in [1.807, 2.05) is 0 Å². The summed E-state index contributed by atoms with van der Waals surface area (Å²) >= 11 is 0. The van der Waals surface area contributed by atoms with Crippen molar-refractivity contribution >= 4 is 5.91 Å². The number of rotatable bonds is 3. The molecular formula is C15H20FNO2. The molecule has 0 aliphatic heterocycles. The summed E-state index contributed by atoms with van der Waals surface area (Å²) in [5.74, 6) is -0.0251. The van der Waals surface area contributed by atoms with Crippen LogP contribution in [0.25, 0.3) is 0 Å². The summed E-state index contributed by atoms with van der Waals surface area (Å²) < 4.78 is 13.1. The van der Waals surface area contributed by atoms with Crippen LogP contribution in [0.3, 0.4) is 0 Å². The van der Waals surface area contributed by atoms with Gasteiger partial charge >= 0.3 is 0 Å². The third kappa shape index (κ3) is 3.46. The van der Waals surface area contributed by atoms with Crippen LogP contribution in [0, 0.1) is 17.7 Å². The van der Waals surface area contributed by atoms with Crippen molar-refractivity contribution in [3.8, 4) is 5.75 Å². The monoisotopic (exact) mass is 265 g/mol. The van der Waals surface area contributed by atoms with Gasteiger partial charge in [0.05, 0.1) is 5.56 Å². The fourth-order valence-corrected chi connectivity index (χ4v) is 2.71. The molecule has 0 saturated heterocycles. The van der Waals surface area contributed by atoms with Crippen LogP contribution in [0.4, 0.5) is 4.39 Å². The predicted molar refractivity (Wildman–Crippen MR) is 71.5 cm³/mol. The molecule has 0 aromatic heterocycles. The molecule has 104 valence electrons. The molecule has 1 aromatic carbocycles. The maximum Gasteiger partial charge on any atom is 0.255 e. The fraction of sp³-hybridized carbons (Fsp3) is 0.533. The Morgan fingerprint density at radius 3 is 2.89 bits per heavy atom. The number of phenols is 1. The van der Waals surface area contributed by atoms with E-state index in [2.05, 4.69) is 12.2 Å². The topological polar surface area (TPSA) is 49.3 Å². The third-order valence-corrected chi connectivity index (χ3v) is 4.02. The molecule has 0 radical (unpaired) electrons. The van der Waals surface area contributed by atoms with Gasteiger partial charge in [-0.05, 0) is 36.5 Å². The Morgan fingerprint density at radius 1 is 1.42 bits per heavy atom. The summed E-state index contributed by atoms with van der Waals surface area (Å²) in [4.78, 5) is 11.9. The van der Waals surface area contributed by atoms with Gasteiger partial charge in [-0.3, -0.25) is 4.79 Å². The number of benzene rings is 1. The summed E-state index contributed by atoms with van der Waals surface area (Å²) in [5, 5.41) is 12.4. The number of nitrogens with one attached hydrogen (secondary N) is 1. The molecule has 3 nitrogen and oxygen atoms in total. The smallest absolute Gasteiger partial charge is 0.255 e. The first-order valence-electron chi connectivity index (χ1n) is 6.84. The number of hydrogen-bond donors (Lipinski definition) is 2. The molecule has 0 bridgehead atoms. The van der Waals surface area contributed by atoms with Crippen molar-refractivity contribution in [2.45, 2.75) is 32.6 Å². The number of carbonyl (C=O) groups is 1. The minimum Gasteiger partial charge on any atom is -0.507 e. The Hall–Kier alpha value is -1.58. The van der Waals surface area contributed by atoms with E-state index in [-0.39, 0.29) is 11.3 Å². The first-order valence-corrected chi connectivity index (χ1v) is 6.84. The quantitative estimate of drug-likeness (QED) is 0.882. The lowest BCUT2D eigenvalue weighted by Gasteiger charge is -2.28. The summed E-state index contributed by atoms with van der Waals surface area (Å²) in [7, 11) is 0. The maximum atomic E-state index is 13.1. The first kappa shape index (κ1) is 13.8. The number of aromatic hydroxyl groups is 1. The second kappa shape index (κ2) is 6.04. The summed E-state index contributed by atoms with van der Waals surface area (Å²) in [5.41, 5.74) is 0.00321. The van der Waals surface area contributed by atoms with Crippen LogP contribution in [0.1, 0.15) is 43.0 Å². The Morgan fingerprint density at radius 2 is 2.16 bits per heavy atom. The van der Waals surface area contributed by atoms with Crippen molar-refractivity contribution in [1.82, 2.24) is 5.32 Å². The van der Waals surface area contributed by atoms with Gasteiger partial charge in [0.2, 0.25) is 0 Å². The second-order valence-corrected chi connectivity index (χ2v) is 5.39. The molecule has 2 atom stereocenters. The van der Waals surface area contributed by atoms with E-state index in [9.17, 15) is 14.3 Å². The Kier molecular flexibility index (Phi) is 4.40. The van der Waals surface area contributed by atoms with E-state index >= 15 is 0 Å². The molecule has 1 aromatic rings. The Labute approximate surface area is 112 Å². The molecule has 2 rings (SSSR count). The van der Waals surface area contributed by atoms with Crippen LogP contribution in [0.2, 0.25) is 0 Å². The molecule has 0 spiro atoms. The summed E-state index contributed by atoms with van der Waals surface area (Å²) in [6, 6.07) is 3.40. The molecule has 1 aliphatic carbocycles. The molecule has 2 unspecified atom stereocenters. The summed E-state index contributed by atoms with van der Waals surface area (Å²) in [6.07, 6.45) is 4.79. The molecule has 1 aliphatic rings. The third-order valence-electron chi connectivity index (χ3n) is 4.02. The van der Waals surface area contributed by atoms with Crippen LogP contribution in [-0.4, -0.2) is 17.6 Å². The molecular weight excluding hydrogens is 245 g/mol. The molecule has 2 N–H and O–H groups in total. The van der Waals surface area contributed by atoms with Gasteiger partial charge in [0, 0.05) is 6.54 Å². The number of amides is 1. The zero-order chi connectivity index (χ0) is 13.8. The average Bonchev–Trinajstić information content (AvgIpc) is 2.40. The van der Waals surface area contributed by atoms with Crippen molar-refractivity contribution in [3.63, 3.8) is 0 Å². The molecule has 1 amide bonds. The number of phenolic OH excluding ortho intramolecular Hbond substituents is 1. The largest absolute Gasteiger partial charge is 0.507 e. The van der Waals surface area contributed by atoms with E-state index in [0.717, 1.165) is 18.6 Å². The highest BCUT2D eigenvalue weighted by Gasteiger charge is 2.22. The minimum absolute atomic E-state index is 0.00321. The van der Waals surface area contributed by atoms with Crippen LogP contribution < -0.4 is 5.32 Å². The maximum absolute atomic E-state index is 13.1. The summed E-state index contributed by atoms with van der Waals surface area (Å²) in [6.45, 7) is 2.80. The van der Waals surface area contributed by atoms with Gasteiger partial charge in [0.1, 0.15) is 11.6 Å². The standard InChI is InChI=1S/C15H20FNO2/c1-10-4-2-3-5-11(10)9-17-15(19)13-8-12(16)6-7-14(13)18/h6-8,10-11,18H,2-5,9H2,1H3,(H,17,19).